The van der Waals surface area contributed by atoms with Crippen LogP contribution in [0.5, 0.6) is 5.75 Å². The first-order chi connectivity index (χ1) is 16.7. The second kappa shape index (κ2) is 9.20. The van der Waals surface area contributed by atoms with Crippen molar-refractivity contribution >= 4 is 38.8 Å². The Kier molecular flexibility index (Phi) is 5.79. The highest BCUT2D eigenvalue weighted by Gasteiger charge is 2.19. The zero-order chi connectivity index (χ0) is 23.5. The van der Waals surface area contributed by atoms with Gasteiger partial charge in [0.05, 0.1) is 11.7 Å². The summed E-state index contributed by atoms with van der Waals surface area (Å²) in [6.45, 7) is 5.71. The summed E-state index contributed by atoms with van der Waals surface area (Å²) in [5.41, 5.74) is 6.20. The Balaban J connectivity index is 1.85. The maximum absolute atomic E-state index is 12.1. The molecule has 0 radical (unpaired) electrons. The van der Waals surface area contributed by atoms with Crippen LogP contribution in [-0.4, -0.2) is 16.2 Å². The van der Waals surface area contributed by atoms with Crippen molar-refractivity contribution in [3.8, 4) is 5.75 Å². The Morgan fingerprint density at radius 2 is 1.71 bits per heavy atom. The van der Waals surface area contributed by atoms with Crippen LogP contribution in [0.1, 0.15) is 30.0 Å². The minimum atomic E-state index is -0.486. The van der Waals surface area contributed by atoms with Crippen LogP contribution in [0.25, 0.3) is 32.8 Å². The lowest BCUT2D eigenvalue weighted by Crippen LogP contribution is -2.06. The highest BCUT2D eigenvalue weighted by Crippen LogP contribution is 2.41. The van der Waals surface area contributed by atoms with Gasteiger partial charge < -0.3 is 4.74 Å². The number of aromatic nitrogens is 2. The lowest BCUT2D eigenvalue weighted by molar-refractivity contribution is -0.128. The number of ether oxygens (including phenoxy) is 1. The van der Waals surface area contributed by atoms with Crippen LogP contribution in [0, 0.1) is 0 Å². The first-order valence-corrected chi connectivity index (χ1v) is 11.3. The van der Waals surface area contributed by atoms with Crippen molar-refractivity contribution in [3.05, 3.63) is 120 Å². The predicted octanol–water partition coefficient (Wildman–Crippen LogP) is 7.18. The van der Waals surface area contributed by atoms with Crippen LogP contribution in [-0.2, 0) is 4.79 Å². The van der Waals surface area contributed by atoms with E-state index in [1.54, 1.807) is 0 Å². The average Bonchev–Trinajstić information content (AvgIpc) is 3.35. The molecule has 1 N–H and O–H groups in total. The third-order valence-electron chi connectivity index (χ3n) is 6.03. The van der Waals surface area contributed by atoms with E-state index in [0.29, 0.717) is 5.75 Å². The third kappa shape index (κ3) is 3.90. The molecular formula is C30H24N2O2. The van der Waals surface area contributed by atoms with Gasteiger partial charge in [0.1, 0.15) is 5.75 Å². The standard InChI is InChI=1S/C30H24N2O2/c1-3-23(25-14-9-11-20-10-5-6-12-24(20)25)30(21-16-17-27-22(18-21)19-31-32-27)26-13-7-8-15-28(26)34-29(33)4-2/h4-19H,2-3H2,1H3,(H,31,32)/b30-23+. The van der Waals surface area contributed by atoms with E-state index in [1.165, 1.54) is 22.4 Å². The molecule has 5 aromatic rings. The number of esters is 1. The van der Waals surface area contributed by atoms with Gasteiger partial charge in [0.25, 0.3) is 0 Å². The van der Waals surface area contributed by atoms with E-state index in [4.69, 9.17) is 4.74 Å². The molecule has 4 heteroatoms. The van der Waals surface area contributed by atoms with E-state index in [-0.39, 0.29) is 0 Å². The van der Waals surface area contributed by atoms with Gasteiger partial charge in [0, 0.05) is 17.0 Å². The molecular weight excluding hydrogens is 420 g/mol. The number of allylic oxidation sites excluding steroid dienone is 1. The van der Waals surface area contributed by atoms with Crippen molar-refractivity contribution in [2.24, 2.45) is 0 Å². The number of carbonyl (C=O) groups excluding carboxylic acids is 1. The van der Waals surface area contributed by atoms with Crippen LogP contribution in [0.4, 0.5) is 0 Å². The largest absolute Gasteiger partial charge is 0.423 e. The zero-order valence-corrected chi connectivity index (χ0v) is 18.9. The summed E-state index contributed by atoms with van der Waals surface area (Å²) in [4.78, 5) is 12.1. The Bertz CT molecular complexity index is 1550. The van der Waals surface area contributed by atoms with E-state index in [2.05, 4.69) is 78.3 Å². The Hall–Kier alpha value is -4.44. The molecule has 0 atom stereocenters. The summed E-state index contributed by atoms with van der Waals surface area (Å²) >= 11 is 0. The molecule has 4 aromatic carbocycles. The summed E-state index contributed by atoms with van der Waals surface area (Å²) < 4.78 is 5.68. The van der Waals surface area contributed by atoms with Crippen LogP contribution < -0.4 is 4.74 Å². The number of hydrogen-bond acceptors (Lipinski definition) is 3. The maximum Gasteiger partial charge on any atom is 0.335 e. The van der Waals surface area contributed by atoms with Crippen molar-refractivity contribution in [1.29, 1.82) is 0 Å². The SMILES string of the molecule is C=CC(=O)Oc1ccccc1/C(=C(\CC)c1cccc2ccccc12)c1ccc2[nH]ncc2c1. The molecule has 166 valence electrons. The summed E-state index contributed by atoms with van der Waals surface area (Å²) in [7, 11) is 0. The average molecular weight is 445 g/mol. The van der Waals surface area contributed by atoms with Gasteiger partial charge >= 0.3 is 5.97 Å². The molecule has 0 saturated heterocycles. The molecule has 0 unspecified atom stereocenters. The fraction of sp³-hybridized carbons (Fsp3) is 0.0667. The van der Waals surface area contributed by atoms with Crippen LogP contribution in [0.3, 0.4) is 0 Å². The number of nitrogens with one attached hydrogen (secondary N) is 1. The highest BCUT2D eigenvalue weighted by molar-refractivity contribution is 6.07. The number of nitrogens with zero attached hydrogens (tertiary/aromatic N) is 1. The third-order valence-corrected chi connectivity index (χ3v) is 6.03. The minimum Gasteiger partial charge on any atom is -0.423 e. The van der Waals surface area contributed by atoms with Gasteiger partial charge in [-0.05, 0) is 57.7 Å². The molecule has 0 aliphatic rings. The van der Waals surface area contributed by atoms with Gasteiger partial charge in [-0.1, -0.05) is 80.2 Å². The zero-order valence-electron chi connectivity index (χ0n) is 18.9. The summed E-state index contributed by atoms with van der Waals surface area (Å²) in [5.74, 6) is 0.0150. The van der Waals surface area contributed by atoms with E-state index in [9.17, 15) is 4.79 Å². The van der Waals surface area contributed by atoms with Crippen molar-refractivity contribution in [1.82, 2.24) is 10.2 Å². The fourth-order valence-electron chi connectivity index (χ4n) is 4.49. The normalized spacial score (nSPS) is 11.9. The molecule has 1 aromatic heterocycles. The lowest BCUT2D eigenvalue weighted by atomic mass is 9.85. The molecule has 0 fully saturated rings. The fourth-order valence-corrected chi connectivity index (χ4v) is 4.49. The molecule has 5 rings (SSSR count). The van der Waals surface area contributed by atoms with Gasteiger partial charge in [0.15, 0.2) is 0 Å². The predicted molar refractivity (Wildman–Crippen MR) is 139 cm³/mol. The number of hydrogen-bond donors (Lipinski definition) is 1. The lowest BCUT2D eigenvalue weighted by Gasteiger charge is -2.20. The van der Waals surface area contributed by atoms with Crippen molar-refractivity contribution < 1.29 is 9.53 Å². The van der Waals surface area contributed by atoms with Crippen LogP contribution in [0.2, 0.25) is 0 Å². The second-order valence-electron chi connectivity index (χ2n) is 8.03. The second-order valence-corrected chi connectivity index (χ2v) is 8.03. The number of aromatic amines is 1. The van der Waals surface area contributed by atoms with Crippen molar-refractivity contribution in [3.63, 3.8) is 0 Å². The van der Waals surface area contributed by atoms with E-state index >= 15 is 0 Å². The summed E-state index contributed by atoms with van der Waals surface area (Å²) in [6.07, 6.45) is 3.79. The summed E-state index contributed by atoms with van der Waals surface area (Å²) in [5, 5.41) is 10.6. The monoisotopic (exact) mass is 444 g/mol. The van der Waals surface area contributed by atoms with Gasteiger partial charge in [0.2, 0.25) is 0 Å². The molecule has 0 amide bonds. The molecule has 0 aliphatic carbocycles. The highest BCUT2D eigenvalue weighted by atomic mass is 16.5. The molecule has 1 heterocycles. The quantitative estimate of drug-likeness (QED) is 0.131. The number of para-hydroxylation sites is 1. The van der Waals surface area contributed by atoms with E-state index < -0.39 is 5.97 Å². The number of rotatable bonds is 6. The Labute approximate surface area is 198 Å². The molecule has 0 saturated carbocycles. The number of carbonyl (C=O) groups is 1. The van der Waals surface area contributed by atoms with E-state index in [1.807, 2.05) is 36.5 Å². The number of fused-ring (bicyclic) bond motifs is 2. The maximum atomic E-state index is 12.1. The van der Waals surface area contributed by atoms with Gasteiger partial charge in [-0.15, -0.1) is 0 Å². The van der Waals surface area contributed by atoms with Crippen LogP contribution >= 0.6 is 0 Å². The number of H-pyrrole nitrogens is 1. The first kappa shape index (κ1) is 21.4. The molecule has 0 aliphatic heterocycles. The van der Waals surface area contributed by atoms with Gasteiger partial charge in [-0.25, -0.2) is 4.79 Å². The molecule has 0 spiro atoms. The minimum absolute atomic E-state index is 0.486. The van der Waals surface area contributed by atoms with Crippen molar-refractivity contribution in [2.45, 2.75) is 13.3 Å². The summed E-state index contributed by atoms with van der Waals surface area (Å²) in [6, 6.07) is 28.7. The Morgan fingerprint density at radius 3 is 2.56 bits per heavy atom. The Morgan fingerprint density at radius 1 is 0.941 bits per heavy atom. The van der Waals surface area contributed by atoms with Gasteiger partial charge in [-0.2, -0.15) is 5.10 Å². The first-order valence-electron chi connectivity index (χ1n) is 11.3. The van der Waals surface area contributed by atoms with Gasteiger partial charge in [-0.3, -0.25) is 5.10 Å². The molecule has 34 heavy (non-hydrogen) atoms. The molecule has 4 nitrogen and oxygen atoms in total. The topological polar surface area (TPSA) is 55.0 Å². The van der Waals surface area contributed by atoms with Crippen molar-refractivity contribution in [2.75, 3.05) is 0 Å². The molecule has 0 bridgehead atoms. The van der Waals surface area contributed by atoms with Crippen LogP contribution in [0.15, 0.2) is 104 Å². The number of benzene rings is 4. The smallest absolute Gasteiger partial charge is 0.335 e. The van der Waals surface area contributed by atoms with E-state index in [0.717, 1.165) is 39.6 Å².